The SMILES string of the molecule is CCc1cc2c(=O)n3c(nc2s1)/C(=C\c1ccc(OC)cc1)CC3. The van der Waals surface area contributed by atoms with Crippen molar-refractivity contribution in [2.24, 2.45) is 0 Å². The van der Waals surface area contributed by atoms with Crippen molar-refractivity contribution in [3.8, 4) is 5.75 Å². The zero-order chi connectivity index (χ0) is 16.7. The van der Waals surface area contributed by atoms with E-state index in [0.717, 1.165) is 45.8 Å². The molecule has 1 aliphatic rings. The van der Waals surface area contributed by atoms with Crippen LogP contribution in [0.1, 0.15) is 29.6 Å². The summed E-state index contributed by atoms with van der Waals surface area (Å²) in [5.41, 5.74) is 2.30. The minimum Gasteiger partial charge on any atom is -0.497 e. The third-order valence-electron chi connectivity index (χ3n) is 4.40. The highest BCUT2D eigenvalue weighted by atomic mass is 32.1. The molecule has 4 nitrogen and oxygen atoms in total. The van der Waals surface area contributed by atoms with Crippen LogP contribution in [0.2, 0.25) is 0 Å². The van der Waals surface area contributed by atoms with Gasteiger partial charge in [0, 0.05) is 11.4 Å². The van der Waals surface area contributed by atoms with Gasteiger partial charge in [0.25, 0.3) is 5.56 Å². The van der Waals surface area contributed by atoms with Crippen LogP contribution in [-0.4, -0.2) is 16.7 Å². The Morgan fingerprint density at radius 2 is 2.12 bits per heavy atom. The second-order valence-corrected chi connectivity index (χ2v) is 6.99. The molecule has 0 radical (unpaired) electrons. The standard InChI is InChI=1S/C19H18N2O2S/c1-3-15-11-16-18(24-15)20-17-13(8-9-21(17)19(16)22)10-12-4-6-14(23-2)7-5-12/h4-7,10-11H,3,8-9H2,1-2H3/b13-10-. The number of hydrogen-bond acceptors (Lipinski definition) is 4. The van der Waals surface area contributed by atoms with Crippen molar-refractivity contribution in [3.63, 3.8) is 0 Å². The monoisotopic (exact) mass is 338 g/mol. The van der Waals surface area contributed by atoms with Crippen LogP contribution in [-0.2, 0) is 13.0 Å². The Kier molecular flexibility index (Phi) is 3.73. The van der Waals surface area contributed by atoms with Crippen molar-refractivity contribution >= 4 is 33.2 Å². The van der Waals surface area contributed by atoms with Crippen molar-refractivity contribution in [1.29, 1.82) is 0 Å². The smallest absolute Gasteiger partial charge is 0.262 e. The number of hydrogen-bond donors (Lipinski definition) is 0. The van der Waals surface area contributed by atoms with Crippen molar-refractivity contribution in [1.82, 2.24) is 9.55 Å². The number of allylic oxidation sites excluding steroid dienone is 1. The summed E-state index contributed by atoms with van der Waals surface area (Å²) in [5.74, 6) is 1.65. The molecule has 0 spiro atoms. The number of ether oxygens (including phenoxy) is 1. The Hall–Kier alpha value is -2.40. The summed E-state index contributed by atoms with van der Waals surface area (Å²) >= 11 is 1.62. The summed E-state index contributed by atoms with van der Waals surface area (Å²) in [7, 11) is 1.66. The third-order valence-corrected chi connectivity index (χ3v) is 5.57. The predicted octanol–water partition coefficient (Wildman–Crippen LogP) is 3.97. The fourth-order valence-electron chi connectivity index (χ4n) is 3.07. The molecule has 0 N–H and O–H groups in total. The molecule has 0 fully saturated rings. The first kappa shape index (κ1) is 15.1. The quantitative estimate of drug-likeness (QED) is 0.726. The summed E-state index contributed by atoms with van der Waals surface area (Å²) in [6.07, 6.45) is 3.89. The lowest BCUT2D eigenvalue weighted by Gasteiger charge is -2.03. The first-order valence-corrected chi connectivity index (χ1v) is 8.89. The molecule has 1 aliphatic heterocycles. The molecule has 5 heteroatoms. The van der Waals surface area contributed by atoms with E-state index in [9.17, 15) is 4.79 Å². The van der Waals surface area contributed by atoms with Gasteiger partial charge in [-0.3, -0.25) is 9.36 Å². The van der Waals surface area contributed by atoms with Crippen LogP contribution in [0.3, 0.4) is 0 Å². The highest BCUT2D eigenvalue weighted by Crippen LogP contribution is 2.30. The minimum absolute atomic E-state index is 0.0871. The van der Waals surface area contributed by atoms with E-state index in [2.05, 4.69) is 13.0 Å². The second kappa shape index (κ2) is 5.91. The van der Waals surface area contributed by atoms with Crippen LogP contribution in [0.15, 0.2) is 35.1 Å². The molecule has 0 atom stereocenters. The molecule has 0 bridgehead atoms. The molecule has 0 amide bonds. The molecule has 0 unspecified atom stereocenters. The summed E-state index contributed by atoms with van der Waals surface area (Å²) in [5, 5.41) is 0.756. The topological polar surface area (TPSA) is 44.1 Å². The molecule has 0 aliphatic carbocycles. The van der Waals surface area contributed by atoms with Crippen LogP contribution in [0.25, 0.3) is 21.9 Å². The van der Waals surface area contributed by atoms with E-state index in [1.54, 1.807) is 18.4 Å². The highest BCUT2D eigenvalue weighted by molar-refractivity contribution is 7.18. The molecule has 0 saturated heterocycles. The average molecular weight is 338 g/mol. The number of benzene rings is 1. The van der Waals surface area contributed by atoms with Crippen molar-refractivity contribution in [2.45, 2.75) is 26.3 Å². The number of nitrogens with zero attached hydrogens (tertiary/aromatic N) is 2. The van der Waals surface area contributed by atoms with E-state index in [4.69, 9.17) is 9.72 Å². The summed E-state index contributed by atoms with van der Waals surface area (Å²) in [6.45, 7) is 2.81. The van der Waals surface area contributed by atoms with Gasteiger partial charge in [-0.05, 0) is 48.3 Å². The fraction of sp³-hybridized carbons (Fsp3) is 0.263. The average Bonchev–Trinajstić information content (AvgIpc) is 3.21. The van der Waals surface area contributed by atoms with E-state index in [-0.39, 0.29) is 5.56 Å². The largest absolute Gasteiger partial charge is 0.497 e. The lowest BCUT2D eigenvalue weighted by Crippen LogP contribution is -2.19. The molecular weight excluding hydrogens is 320 g/mol. The maximum atomic E-state index is 12.7. The third kappa shape index (κ3) is 2.45. The number of methoxy groups -OCH3 is 1. The van der Waals surface area contributed by atoms with Crippen LogP contribution in [0, 0.1) is 0 Å². The van der Waals surface area contributed by atoms with Gasteiger partial charge in [0.15, 0.2) is 0 Å². The van der Waals surface area contributed by atoms with E-state index in [1.807, 2.05) is 34.9 Å². The van der Waals surface area contributed by atoms with Crippen LogP contribution >= 0.6 is 11.3 Å². The van der Waals surface area contributed by atoms with Gasteiger partial charge in [-0.2, -0.15) is 0 Å². The summed E-state index contributed by atoms with van der Waals surface area (Å²) in [6, 6.07) is 9.92. The number of thiophene rings is 1. The maximum Gasteiger partial charge on any atom is 0.262 e. The van der Waals surface area contributed by atoms with Crippen molar-refractivity contribution in [3.05, 3.63) is 57.0 Å². The van der Waals surface area contributed by atoms with Gasteiger partial charge in [0.2, 0.25) is 0 Å². The Bertz CT molecular complexity index is 997. The van der Waals surface area contributed by atoms with E-state index >= 15 is 0 Å². The van der Waals surface area contributed by atoms with Crippen molar-refractivity contribution in [2.75, 3.05) is 7.11 Å². The van der Waals surface area contributed by atoms with Crippen LogP contribution < -0.4 is 10.3 Å². The van der Waals surface area contributed by atoms with Gasteiger partial charge >= 0.3 is 0 Å². The van der Waals surface area contributed by atoms with E-state index < -0.39 is 0 Å². The molecule has 3 aromatic rings. The van der Waals surface area contributed by atoms with Gasteiger partial charge in [-0.1, -0.05) is 19.1 Å². The van der Waals surface area contributed by atoms with E-state index in [1.165, 1.54) is 4.88 Å². The normalized spacial score (nSPS) is 15.2. The Morgan fingerprint density at radius 3 is 2.83 bits per heavy atom. The molecule has 0 saturated carbocycles. The van der Waals surface area contributed by atoms with Gasteiger partial charge in [0.1, 0.15) is 16.4 Å². The molecule has 4 rings (SSSR count). The second-order valence-electron chi connectivity index (χ2n) is 5.87. The minimum atomic E-state index is 0.0871. The van der Waals surface area contributed by atoms with Gasteiger partial charge in [-0.25, -0.2) is 4.98 Å². The molecule has 24 heavy (non-hydrogen) atoms. The molecule has 3 heterocycles. The lowest BCUT2D eigenvalue weighted by molar-refractivity contribution is 0.415. The molecule has 122 valence electrons. The number of aromatic nitrogens is 2. The van der Waals surface area contributed by atoms with E-state index in [0.29, 0.717) is 6.54 Å². The highest BCUT2D eigenvalue weighted by Gasteiger charge is 2.21. The molecule has 1 aromatic carbocycles. The van der Waals surface area contributed by atoms with Gasteiger partial charge < -0.3 is 4.74 Å². The first-order valence-electron chi connectivity index (χ1n) is 8.08. The summed E-state index contributed by atoms with van der Waals surface area (Å²) < 4.78 is 7.00. The van der Waals surface area contributed by atoms with Crippen LogP contribution in [0.4, 0.5) is 0 Å². The lowest BCUT2D eigenvalue weighted by atomic mass is 10.1. The first-order chi connectivity index (χ1) is 11.7. The zero-order valence-corrected chi connectivity index (χ0v) is 14.5. The van der Waals surface area contributed by atoms with Gasteiger partial charge in [0.05, 0.1) is 12.5 Å². The maximum absolute atomic E-state index is 12.7. The Balaban J connectivity index is 1.81. The molecule has 2 aromatic heterocycles. The Labute approximate surface area is 144 Å². The zero-order valence-electron chi connectivity index (χ0n) is 13.7. The van der Waals surface area contributed by atoms with Crippen molar-refractivity contribution < 1.29 is 4.74 Å². The number of fused-ring (bicyclic) bond motifs is 2. The summed E-state index contributed by atoms with van der Waals surface area (Å²) in [4.78, 5) is 19.6. The Morgan fingerprint density at radius 1 is 1.33 bits per heavy atom. The number of aryl methyl sites for hydroxylation is 1. The van der Waals surface area contributed by atoms with Gasteiger partial charge in [-0.15, -0.1) is 11.3 Å². The van der Waals surface area contributed by atoms with Crippen LogP contribution in [0.5, 0.6) is 5.75 Å². The predicted molar refractivity (Wildman–Crippen MR) is 98.7 cm³/mol. The fourth-order valence-corrected chi connectivity index (χ4v) is 4.03. The number of rotatable bonds is 3. The molecular formula is C19H18N2O2S.